The molecule has 27 heavy (non-hydrogen) atoms. The van der Waals surface area contributed by atoms with Crippen LogP contribution in [0.15, 0.2) is 47.4 Å². The van der Waals surface area contributed by atoms with E-state index in [0.29, 0.717) is 36.0 Å². The molecule has 142 valence electrons. The number of hydrogen-bond donors (Lipinski definition) is 1. The Morgan fingerprint density at radius 3 is 2.52 bits per heavy atom. The molecule has 1 amide bonds. The lowest BCUT2D eigenvalue weighted by atomic mass is 10.1. The van der Waals surface area contributed by atoms with Crippen molar-refractivity contribution in [2.75, 3.05) is 18.4 Å². The first-order chi connectivity index (χ1) is 12.9. The van der Waals surface area contributed by atoms with Crippen LogP contribution in [0.3, 0.4) is 0 Å². The van der Waals surface area contributed by atoms with E-state index in [2.05, 4.69) is 5.32 Å². The average Bonchev–Trinajstić information content (AvgIpc) is 3.32. The Hall–Kier alpha value is -2.09. The van der Waals surface area contributed by atoms with Gasteiger partial charge in [0.05, 0.1) is 4.90 Å². The summed E-state index contributed by atoms with van der Waals surface area (Å²) in [6.07, 6.45) is 1.60. The molecule has 2 aliphatic heterocycles. The summed E-state index contributed by atoms with van der Waals surface area (Å²) in [7, 11) is -3.46. The van der Waals surface area contributed by atoms with Gasteiger partial charge in [-0.05, 0) is 60.9 Å². The van der Waals surface area contributed by atoms with Gasteiger partial charge in [0.1, 0.15) is 5.75 Å². The molecule has 0 unspecified atom stereocenters. The van der Waals surface area contributed by atoms with E-state index in [4.69, 9.17) is 16.3 Å². The van der Waals surface area contributed by atoms with Gasteiger partial charge < -0.3 is 10.1 Å². The highest BCUT2D eigenvalue weighted by Gasteiger charge is 2.30. The number of ether oxygens (including phenoxy) is 1. The number of anilines is 1. The van der Waals surface area contributed by atoms with Crippen molar-refractivity contribution in [3.8, 4) is 5.75 Å². The summed E-state index contributed by atoms with van der Waals surface area (Å²) in [5.41, 5.74) is 1.42. The monoisotopic (exact) mass is 406 g/mol. The lowest BCUT2D eigenvalue weighted by Crippen LogP contribution is -2.31. The molecule has 1 fully saturated rings. The Bertz CT molecular complexity index is 970. The van der Waals surface area contributed by atoms with Crippen LogP contribution >= 0.6 is 11.6 Å². The minimum Gasteiger partial charge on any atom is -0.480 e. The Kier molecular flexibility index (Phi) is 4.84. The van der Waals surface area contributed by atoms with Crippen LogP contribution < -0.4 is 10.1 Å². The molecule has 2 aromatic rings. The summed E-state index contributed by atoms with van der Waals surface area (Å²) in [4.78, 5) is 12.7. The molecule has 0 aromatic heterocycles. The van der Waals surface area contributed by atoms with E-state index >= 15 is 0 Å². The van der Waals surface area contributed by atoms with Gasteiger partial charge in [0.15, 0.2) is 6.10 Å². The Labute approximate surface area is 163 Å². The van der Waals surface area contributed by atoms with Crippen LogP contribution in [0.4, 0.5) is 5.69 Å². The standard InChI is InChI=1S/C19H19ClN2O4S/c20-14-3-8-17-13(11-14)12-18(26-17)19(23)21-15-4-6-16(7-5-15)27(24,25)22-9-1-2-10-22/h3-8,11,18H,1-2,9-10,12H2,(H,21,23)/t18-/m0/s1. The lowest BCUT2D eigenvalue weighted by Gasteiger charge is -2.16. The van der Waals surface area contributed by atoms with Gasteiger partial charge in [0.25, 0.3) is 5.91 Å². The van der Waals surface area contributed by atoms with Crippen LogP contribution in [0.1, 0.15) is 18.4 Å². The molecule has 0 saturated carbocycles. The molecule has 2 heterocycles. The molecule has 8 heteroatoms. The maximum absolute atomic E-state index is 12.5. The summed E-state index contributed by atoms with van der Waals surface area (Å²) < 4.78 is 32.2. The van der Waals surface area contributed by atoms with Gasteiger partial charge in [-0.2, -0.15) is 4.31 Å². The zero-order valence-corrected chi connectivity index (χ0v) is 16.1. The maximum atomic E-state index is 12.5. The van der Waals surface area contributed by atoms with E-state index in [0.717, 1.165) is 18.4 Å². The van der Waals surface area contributed by atoms with Gasteiger partial charge >= 0.3 is 0 Å². The summed E-state index contributed by atoms with van der Waals surface area (Å²) in [5.74, 6) is 0.379. The molecular weight excluding hydrogens is 388 g/mol. The van der Waals surface area contributed by atoms with Crippen LogP contribution in [0, 0.1) is 0 Å². The molecule has 6 nitrogen and oxygen atoms in total. The first kappa shape index (κ1) is 18.3. The molecular formula is C19H19ClN2O4S. The van der Waals surface area contributed by atoms with E-state index in [-0.39, 0.29) is 10.8 Å². The minimum atomic E-state index is -3.46. The normalized spacial score (nSPS) is 19.5. The summed E-state index contributed by atoms with van der Waals surface area (Å²) >= 11 is 5.97. The zero-order chi connectivity index (χ0) is 19.0. The first-order valence-corrected chi connectivity index (χ1v) is 10.6. The van der Waals surface area contributed by atoms with E-state index in [9.17, 15) is 13.2 Å². The summed E-state index contributed by atoms with van der Waals surface area (Å²) in [6.45, 7) is 1.12. The SMILES string of the molecule is O=C(Nc1ccc(S(=O)(=O)N2CCCC2)cc1)[C@@H]1Cc2cc(Cl)ccc2O1. The van der Waals surface area contributed by atoms with E-state index in [1.165, 1.54) is 16.4 Å². The van der Waals surface area contributed by atoms with Gasteiger partial charge in [-0.15, -0.1) is 0 Å². The Morgan fingerprint density at radius 2 is 1.81 bits per heavy atom. The van der Waals surface area contributed by atoms with Crippen LogP contribution in [-0.2, 0) is 21.2 Å². The fraction of sp³-hybridized carbons (Fsp3) is 0.316. The van der Waals surface area contributed by atoms with Crippen LogP contribution in [-0.4, -0.2) is 37.8 Å². The third-order valence-corrected chi connectivity index (χ3v) is 6.96. The van der Waals surface area contributed by atoms with Crippen molar-refractivity contribution in [1.82, 2.24) is 4.31 Å². The Balaban J connectivity index is 1.42. The molecule has 1 atom stereocenters. The molecule has 1 saturated heterocycles. The van der Waals surface area contributed by atoms with E-state index < -0.39 is 16.1 Å². The number of benzene rings is 2. The van der Waals surface area contributed by atoms with Crippen molar-refractivity contribution in [3.63, 3.8) is 0 Å². The third kappa shape index (κ3) is 3.67. The minimum absolute atomic E-state index is 0.238. The molecule has 0 spiro atoms. The highest BCUT2D eigenvalue weighted by Crippen LogP contribution is 2.31. The number of halogens is 1. The fourth-order valence-corrected chi connectivity index (χ4v) is 5.09. The maximum Gasteiger partial charge on any atom is 0.265 e. The second kappa shape index (κ2) is 7.14. The van der Waals surface area contributed by atoms with E-state index in [1.54, 1.807) is 30.3 Å². The third-order valence-electron chi connectivity index (χ3n) is 4.81. The number of carbonyl (C=O) groups is 1. The van der Waals surface area contributed by atoms with Crippen molar-refractivity contribution in [2.45, 2.75) is 30.3 Å². The van der Waals surface area contributed by atoms with Gasteiger partial charge in [-0.1, -0.05) is 11.6 Å². The highest BCUT2D eigenvalue weighted by molar-refractivity contribution is 7.89. The lowest BCUT2D eigenvalue weighted by molar-refractivity contribution is -0.122. The molecule has 4 rings (SSSR count). The fourth-order valence-electron chi connectivity index (χ4n) is 3.37. The van der Waals surface area contributed by atoms with Crippen LogP contribution in [0.25, 0.3) is 0 Å². The second-order valence-electron chi connectivity index (χ2n) is 6.69. The van der Waals surface area contributed by atoms with Crippen molar-refractivity contribution in [3.05, 3.63) is 53.1 Å². The average molecular weight is 407 g/mol. The van der Waals surface area contributed by atoms with Crippen LogP contribution in [0.5, 0.6) is 5.75 Å². The largest absolute Gasteiger partial charge is 0.480 e. The topological polar surface area (TPSA) is 75.7 Å². The number of rotatable bonds is 4. The van der Waals surface area contributed by atoms with E-state index in [1.807, 2.05) is 0 Å². The smallest absolute Gasteiger partial charge is 0.265 e. The molecule has 0 bridgehead atoms. The summed E-state index contributed by atoms with van der Waals surface area (Å²) in [5, 5.41) is 3.38. The second-order valence-corrected chi connectivity index (χ2v) is 9.06. The van der Waals surface area contributed by atoms with Crippen molar-refractivity contribution in [2.24, 2.45) is 0 Å². The predicted molar refractivity (Wildman–Crippen MR) is 103 cm³/mol. The number of fused-ring (bicyclic) bond motifs is 1. The highest BCUT2D eigenvalue weighted by atomic mass is 35.5. The number of sulfonamides is 1. The number of hydrogen-bond acceptors (Lipinski definition) is 4. The molecule has 2 aromatic carbocycles. The first-order valence-electron chi connectivity index (χ1n) is 8.80. The number of nitrogens with zero attached hydrogens (tertiary/aromatic N) is 1. The predicted octanol–water partition coefficient (Wildman–Crippen LogP) is 3.07. The molecule has 2 aliphatic rings. The van der Waals surface area contributed by atoms with Gasteiger partial charge in [0.2, 0.25) is 10.0 Å². The molecule has 0 aliphatic carbocycles. The zero-order valence-electron chi connectivity index (χ0n) is 14.5. The van der Waals surface area contributed by atoms with Gasteiger partial charge in [-0.3, -0.25) is 4.79 Å². The molecule has 1 N–H and O–H groups in total. The number of nitrogens with one attached hydrogen (secondary N) is 1. The van der Waals surface area contributed by atoms with Crippen LogP contribution in [0.2, 0.25) is 5.02 Å². The van der Waals surface area contributed by atoms with Crippen molar-refractivity contribution in [1.29, 1.82) is 0 Å². The van der Waals surface area contributed by atoms with Crippen molar-refractivity contribution < 1.29 is 17.9 Å². The number of carbonyl (C=O) groups excluding carboxylic acids is 1. The summed E-state index contributed by atoms with van der Waals surface area (Å²) in [6, 6.07) is 11.5. The van der Waals surface area contributed by atoms with Gasteiger partial charge in [-0.25, -0.2) is 8.42 Å². The quantitative estimate of drug-likeness (QED) is 0.846. The van der Waals surface area contributed by atoms with Gasteiger partial charge in [0, 0.05) is 30.2 Å². The number of amides is 1. The van der Waals surface area contributed by atoms with Crippen molar-refractivity contribution >= 4 is 33.2 Å². The Morgan fingerprint density at radius 1 is 1.11 bits per heavy atom. The molecule has 0 radical (unpaired) electrons.